The minimum Gasteiger partial charge on any atom is -0.294 e. The lowest BCUT2D eigenvalue weighted by atomic mass is 10.0. The van der Waals surface area contributed by atoms with E-state index >= 15 is 0 Å². The molecule has 0 fully saturated rings. The van der Waals surface area contributed by atoms with Crippen LogP contribution in [0.1, 0.15) is 15.9 Å². The molecule has 0 atom stereocenters. The Balaban J connectivity index is 2.19. The van der Waals surface area contributed by atoms with Crippen molar-refractivity contribution < 1.29 is 4.79 Å². The molecule has 0 unspecified atom stereocenters. The van der Waals surface area contributed by atoms with Crippen LogP contribution in [-0.2, 0) is 6.42 Å². The van der Waals surface area contributed by atoms with Gasteiger partial charge in [-0.05, 0) is 35.9 Å². The predicted molar refractivity (Wildman–Crippen MR) is 84.0 cm³/mol. The van der Waals surface area contributed by atoms with Crippen LogP contribution in [0.3, 0.4) is 0 Å². The first-order valence-electron chi connectivity index (χ1n) is 5.28. The Morgan fingerprint density at radius 2 is 1.39 bits per heavy atom. The summed E-state index contributed by atoms with van der Waals surface area (Å²) in [5, 5.41) is 0. The fourth-order valence-electron chi connectivity index (χ4n) is 1.60. The lowest BCUT2D eigenvalue weighted by Crippen LogP contribution is -2.03. The molecule has 0 aliphatic carbocycles. The Bertz CT molecular complexity index is 556. The standard InChI is InChI=1S/C14H9Br3O/c15-11-3-1-9(2-4-11)5-14(18)10-6-12(16)8-13(17)7-10/h1-4,6-8H,5H2. The van der Waals surface area contributed by atoms with Gasteiger partial charge in [-0.25, -0.2) is 0 Å². The Morgan fingerprint density at radius 3 is 1.94 bits per heavy atom. The van der Waals surface area contributed by atoms with Crippen molar-refractivity contribution in [1.82, 2.24) is 0 Å². The molecule has 0 heterocycles. The van der Waals surface area contributed by atoms with E-state index in [2.05, 4.69) is 47.8 Å². The Labute approximate surface area is 131 Å². The highest BCUT2D eigenvalue weighted by Gasteiger charge is 2.08. The molecular formula is C14H9Br3O. The largest absolute Gasteiger partial charge is 0.294 e. The van der Waals surface area contributed by atoms with Gasteiger partial charge in [-0.3, -0.25) is 4.79 Å². The summed E-state index contributed by atoms with van der Waals surface area (Å²) in [5.41, 5.74) is 1.72. The topological polar surface area (TPSA) is 17.1 Å². The fraction of sp³-hybridized carbons (Fsp3) is 0.0714. The first-order valence-corrected chi connectivity index (χ1v) is 7.66. The van der Waals surface area contributed by atoms with E-state index in [9.17, 15) is 4.79 Å². The van der Waals surface area contributed by atoms with Gasteiger partial charge in [0.15, 0.2) is 5.78 Å². The number of rotatable bonds is 3. The molecule has 0 amide bonds. The first kappa shape index (κ1) is 14.0. The molecule has 0 aliphatic heterocycles. The maximum Gasteiger partial charge on any atom is 0.167 e. The van der Waals surface area contributed by atoms with Crippen LogP contribution in [0.15, 0.2) is 55.9 Å². The van der Waals surface area contributed by atoms with Gasteiger partial charge in [0, 0.05) is 25.4 Å². The second-order valence-corrected chi connectivity index (χ2v) is 6.63. The zero-order valence-electron chi connectivity index (χ0n) is 9.29. The molecule has 2 rings (SSSR count). The zero-order valence-corrected chi connectivity index (χ0v) is 14.0. The second-order valence-electron chi connectivity index (χ2n) is 3.88. The van der Waals surface area contributed by atoms with Crippen molar-refractivity contribution in [2.24, 2.45) is 0 Å². The van der Waals surface area contributed by atoms with Gasteiger partial charge in [0.2, 0.25) is 0 Å². The second kappa shape index (κ2) is 6.13. The number of carbonyl (C=O) groups is 1. The van der Waals surface area contributed by atoms with Gasteiger partial charge in [-0.15, -0.1) is 0 Å². The molecule has 0 bridgehead atoms. The average Bonchev–Trinajstić information content (AvgIpc) is 2.31. The highest BCUT2D eigenvalue weighted by molar-refractivity contribution is 9.11. The van der Waals surface area contributed by atoms with E-state index in [0.717, 1.165) is 19.0 Å². The third-order valence-corrected chi connectivity index (χ3v) is 3.91. The molecule has 1 nitrogen and oxygen atoms in total. The number of carbonyl (C=O) groups excluding carboxylic acids is 1. The summed E-state index contributed by atoms with van der Waals surface area (Å²) in [6.07, 6.45) is 0.413. The molecule has 0 spiro atoms. The van der Waals surface area contributed by atoms with E-state index in [1.165, 1.54) is 0 Å². The van der Waals surface area contributed by atoms with Gasteiger partial charge in [0.1, 0.15) is 0 Å². The van der Waals surface area contributed by atoms with Gasteiger partial charge in [0.05, 0.1) is 0 Å². The molecular weight excluding hydrogens is 424 g/mol. The molecule has 2 aromatic carbocycles. The third-order valence-electron chi connectivity index (χ3n) is 2.46. The van der Waals surface area contributed by atoms with Gasteiger partial charge in [-0.1, -0.05) is 59.9 Å². The molecule has 0 N–H and O–H groups in total. The Kier molecular flexibility index (Phi) is 4.76. The van der Waals surface area contributed by atoms with Gasteiger partial charge in [-0.2, -0.15) is 0 Å². The van der Waals surface area contributed by atoms with E-state index in [1.807, 2.05) is 42.5 Å². The van der Waals surface area contributed by atoms with E-state index in [-0.39, 0.29) is 5.78 Å². The van der Waals surface area contributed by atoms with Crippen LogP contribution in [-0.4, -0.2) is 5.78 Å². The molecule has 92 valence electrons. The summed E-state index contributed by atoms with van der Waals surface area (Å²) < 4.78 is 2.82. The van der Waals surface area contributed by atoms with E-state index in [1.54, 1.807) is 0 Å². The molecule has 18 heavy (non-hydrogen) atoms. The summed E-state index contributed by atoms with van der Waals surface area (Å²) in [4.78, 5) is 12.2. The third kappa shape index (κ3) is 3.77. The lowest BCUT2D eigenvalue weighted by molar-refractivity contribution is 0.0993. The van der Waals surface area contributed by atoms with E-state index in [4.69, 9.17) is 0 Å². The summed E-state index contributed by atoms with van der Waals surface area (Å²) in [5.74, 6) is 0.110. The fourth-order valence-corrected chi connectivity index (χ4v) is 3.16. The van der Waals surface area contributed by atoms with Gasteiger partial charge in [0.25, 0.3) is 0 Å². The zero-order chi connectivity index (χ0) is 13.1. The molecule has 0 radical (unpaired) electrons. The number of ketones is 1. The molecule has 2 aromatic rings. The van der Waals surface area contributed by atoms with Crippen LogP contribution in [0.5, 0.6) is 0 Å². The summed E-state index contributed by atoms with van der Waals surface area (Å²) in [6.45, 7) is 0. The van der Waals surface area contributed by atoms with Crippen LogP contribution in [0, 0.1) is 0 Å². The smallest absolute Gasteiger partial charge is 0.167 e. The number of halogens is 3. The maximum atomic E-state index is 12.2. The van der Waals surface area contributed by atoms with Crippen molar-refractivity contribution in [1.29, 1.82) is 0 Å². The maximum absolute atomic E-state index is 12.2. The van der Waals surface area contributed by atoms with Crippen LogP contribution < -0.4 is 0 Å². The highest BCUT2D eigenvalue weighted by atomic mass is 79.9. The summed E-state index contributed by atoms with van der Waals surface area (Å²) in [7, 11) is 0. The summed E-state index contributed by atoms with van der Waals surface area (Å²) >= 11 is 10.2. The molecule has 0 aromatic heterocycles. The number of hydrogen-bond acceptors (Lipinski definition) is 1. The molecule has 0 aliphatic rings. The first-order chi connectivity index (χ1) is 8.54. The van der Waals surface area contributed by atoms with Gasteiger partial charge < -0.3 is 0 Å². The van der Waals surface area contributed by atoms with Crippen molar-refractivity contribution in [3.63, 3.8) is 0 Å². The number of hydrogen-bond donors (Lipinski definition) is 0. The van der Waals surface area contributed by atoms with E-state index in [0.29, 0.717) is 12.0 Å². The van der Waals surface area contributed by atoms with Crippen molar-refractivity contribution in [3.8, 4) is 0 Å². The lowest BCUT2D eigenvalue weighted by Gasteiger charge is -2.04. The monoisotopic (exact) mass is 430 g/mol. The van der Waals surface area contributed by atoms with Crippen molar-refractivity contribution in [2.45, 2.75) is 6.42 Å². The molecule has 0 saturated carbocycles. The van der Waals surface area contributed by atoms with Crippen LogP contribution >= 0.6 is 47.8 Å². The van der Waals surface area contributed by atoms with E-state index < -0.39 is 0 Å². The predicted octanol–water partition coefficient (Wildman–Crippen LogP) is 5.40. The Hall–Kier alpha value is -0.450. The average molecular weight is 433 g/mol. The quantitative estimate of drug-likeness (QED) is 0.593. The Morgan fingerprint density at radius 1 is 0.833 bits per heavy atom. The SMILES string of the molecule is O=C(Cc1ccc(Br)cc1)c1cc(Br)cc(Br)c1. The molecule has 4 heteroatoms. The highest BCUT2D eigenvalue weighted by Crippen LogP contribution is 2.21. The minimum absolute atomic E-state index is 0.110. The van der Waals surface area contributed by atoms with Crippen LogP contribution in [0.25, 0.3) is 0 Å². The number of benzene rings is 2. The van der Waals surface area contributed by atoms with Gasteiger partial charge >= 0.3 is 0 Å². The summed E-state index contributed by atoms with van der Waals surface area (Å²) in [6, 6.07) is 13.4. The number of Topliss-reactive ketones (excluding diaryl/α,β-unsaturated/α-hetero) is 1. The van der Waals surface area contributed by atoms with Crippen molar-refractivity contribution >= 4 is 53.6 Å². The minimum atomic E-state index is 0.110. The normalized spacial score (nSPS) is 10.4. The van der Waals surface area contributed by atoms with Crippen LogP contribution in [0.2, 0.25) is 0 Å². The molecule has 0 saturated heterocycles. The van der Waals surface area contributed by atoms with Crippen LogP contribution in [0.4, 0.5) is 0 Å². The van der Waals surface area contributed by atoms with Crippen molar-refractivity contribution in [2.75, 3.05) is 0 Å². The van der Waals surface area contributed by atoms with Crippen molar-refractivity contribution in [3.05, 3.63) is 67.0 Å².